The van der Waals surface area contributed by atoms with Crippen molar-refractivity contribution >= 4 is 40.2 Å². The third-order valence-corrected chi connectivity index (χ3v) is 5.24. The smallest absolute Gasteiger partial charge is 0.337 e. The number of hydrogen-bond acceptors (Lipinski definition) is 10. The number of nitrogens with one attached hydrogen (secondary N) is 1. The molecule has 0 saturated carbocycles. The number of non-ortho nitro benzene ring substituents is 1. The number of thiazole rings is 1. The molecular weight excluding hydrogens is 448 g/mol. The number of aromatic nitrogens is 1. The lowest BCUT2D eigenvalue weighted by Crippen LogP contribution is -2.07. The number of ether oxygens (including phenoxy) is 2. The van der Waals surface area contributed by atoms with Crippen LogP contribution in [0.2, 0.25) is 0 Å². The van der Waals surface area contributed by atoms with Crippen molar-refractivity contribution in [1.29, 1.82) is 5.26 Å². The molecule has 1 aromatic heterocycles. The van der Waals surface area contributed by atoms with E-state index in [9.17, 15) is 25.0 Å². The van der Waals surface area contributed by atoms with Gasteiger partial charge in [-0.25, -0.2) is 14.6 Å². The summed E-state index contributed by atoms with van der Waals surface area (Å²) in [5.74, 6) is -1.29. The Bertz CT molecular complexity index is 1270. The predicted molar refractivity (Wildman–Crippen MR) is 121 cm³/mol. The lowest BCUT2D eigenvalue weighted by atomic mass is 10.1. The maximum Gasteiger partial charge on any atom is 0.337 e. The highest BCUT2D eigenvalue weighted by molar-refractivity contribution is 7.11. The van der Waals surface area contributed by atoms with Crippen LogP contribution in [0.25, 0.3) is 16.8 Å². The van der Waals surface area contributed by atoms with Crippen molar-refractivity contribution in [3.05, 3.63) is 80.3 Å². The molecule has 11 heteroatoms. The highest BCUT2D eigenvalue weighted by atomic mass is 32.1. The van der Waals surface area contributed by atoms with Crippen molar-refractivity contribution < 1.29 is 24.0 Å². The van der Waals surface area contributed by atoms with E-state index in [-0.39, 0.29) is 22.4 Å². The van der Waals surface area contributed by atoms with Gasteiger partial charge in [0, 0.05) is 35.0 Å². The van der Waals surface area contributed by atoms with Gasteiger partial charge in [-0.1, -0.05) is 12.1 Å². The van der Waals surface area contributed by atoms with Gasteiger partial charge in [-0.15, -0.1) is 11.3 Å². The number of hydrogen-bond donors (Lipinski definition) is 1. The van der Waals surface area contributed by atoms with Crippen LogP contribution in [0.1, 0.15) is 25.7 Å². The molecule has 0 amide bonds. The molecule has 0 fully saturated rings. The van der Waals surface area contributed by atoms with Crippen molar-refractivity contribution in [1.82, 2.24) is 4.98 Å². The fourth-order valence-corrected chi connectivity index (χ4v) is 3.58. The van der Waals surface area contributed by atoms with E-state index in [2.05, 4.69) is 10.3 Å². The van der Waals surface area contributed by atoms with Crippen LogP contribution in [0, 0.1) is 21.4 Å². The van der Waals surface area contributed by atoms with Crippen molar-refractivity contribution in [2.24, 2.45) is 0 Å². The fraction of sp³-hybridized carbons (Fsp3) is 0.0909. The highest BCUT2D eigenvalue weighted by Gasteiger charge is 2.15. The SMILES string of the molecule is COC(=O)c1cc(N/C=C(\C#N)c2nc(-c3cccc([N+](=O)[O-])c3)cs2)cc(C(=O)OC)c1. The summed E-state index contributed by atoms with van der Waals surface area (Å²) in [5, 5.41) is 25.5. The van der Waals surface area contributed by atoms with Crippen molar-refractivity contribution in [3.63, 3.8) is 0 Å². The Hall–Kier alpha value is -4.56. The zero-order valence-electron chi connectivity index (χ0n) is 17.4. The van der Waals surface area contributed by atoms with Crippen LogP contribution in [0.4, 0.5) is 11.4 Å². The molecule has 0 saturated heterocycles. The van der Waals surface area contributed by atoms with Gasteiger partial charge in [-0.3, -0.25) is 10.1 Å². The Kier molecular flexibility index (Phi) is 7.12. The molecule has 0 spiro atoms. The number of methoxy groups -OCH3 is 2. The van der Waals surface area contributed by atoms with Gasteiger partial charge in [0.2, 0.25) is 0 Å². The summed E-state index contributed by atoms with van der Waals surface area (Å²) in [6.45, 7) is 0. The molecule has 1 heterocycles. The Balaban J connectivity index is 1.90. The monoisotopic (exact) mass is 464 g/mol. The first-order valence-electron chi connectivity index (χ1n) is 9.25. The number of nitro groups is 1. The molecular formula is C22H16N4O6S. The number of esters is 2. The number of carbonyl (C=O) groups is 2. The van der Waals surface area contributed by atoms with E-state index in [0.29, 0.717) is 22.0 Å². The molecule has 0 bridgehead atoms. The minimum atomic E-state index is -0.644. The van der Waals surface area contributed by atoms with E-state index >= 15 is 0 Å². The molecule has 3 rings (SSSR count). The molecule has 0 radical (unpaired) electrons. The van der Waals surface area contributed by atoms with Crippen LogP contribution in [0.15, 0.2) is 54.0 Å². The molecule has 1 N–H and O–H groups in total. The van der Waals surface area contributed by atoms with E-state index in [1.807, 2.05) is 6.07 Å². The van der Waals surface area contributed by atoms with Crippen LogP contribution in [0.5, 0.6) is 0 Å². The van der Waals surface area contributed by atoms with Crippen LogP contribution in [-0.2, 0) is 9.47 Å². The van der Waals surface area contributed by atoms with Gasteiger partial charge in [-0.2, -0.15) is 5.26 Å². The Labute approximate surface area is 191 Å². The molecule has 33 heavy (non-hydrogen) atoms. The fourth-order valence-electron chi connectivity index (χ4n) is 2.79. The van der Waals surface area contributed by atoms with E-state index in [0.717, 1.165) is 0 Å². The lowest BCUT2D eigenvalue weighted by Gasteiger charge is -2.08. The quantitative estimate of drug-likeness (QED) is 0.234. The van der Waals surface area contributed by atoms with Gasteiger partial charge in [0.25, 0.3) is 5.69 Å². The second kappa shape index (κ2) is 10.2. The van der Waals surface area contributed by atoms with Crippen LogP contribution in [-0.4, -0.2) is 36.1 Å². The molecule has 0 unspecified atom stereocenters. The second-order valence-corrected chi connectivity index (χ2v) is 7.30. The number of allylic oxidation sites excluding steroid dienone is 1. The number of nitro benzene ring substituents is 1. The molecule has 2 aromatic carbocycles. The van der Waals surface area contributed by atoms with E-state index in [1.165, 1.54) is 62.1 Å². The summed E-state index contributed by atoms with van der Waals surface area (Å²) < 4.78 is 9.41. The predicted octanol–water partition coefficient (Wildman–Crippen LogP) is 4.27. The number of nitriles is 1. The summed E-state index contributed by atoms with van der Waals surface area (Å²) in [5.41, 5.74) is 1.74. The zero-order valence-corrected chi connectivity index (χ0v) is 18.2. The summed E-state index contributed by atoms with van der Waals surface area (Å²) in [6, 6.07) is 12.3. The standard InChI is InChI=1S/C22H16N4O6S/c1-31-21(27)14-6-15(22(28)32-2)8-17(7-14)24-11-16(10-23)20-25-19(12-33-20)13-4-3-5-18(9-13)26(29)30/h3-9,11-12,24H,1-2H3/b16-11+. The molecule has 166 valence electrons. The molecule has 0 aliphatic carbocycles. The van der Waals surface area contributed by atoms with Crippen molar-refractivity contribution in [3.8, 4) is 17.3 Å². The maximum absolute atomic E-state index is 11.9. The molecule has 0 aliphatic rings. The molecule has 3 aromatic rings. The molecule has 0 aliphatic heterocycles. The van der Waals surface area contributed by atoms with E-state index in [4.69, 9.17) is 9.47 Å². The van der Waals surface area contributed by atoms with Crippen LogP contribution in [0.3, 0.4) is 0 Å². The number of nitrogens with zero attached hydrogens (tertiary/aromatic N) is 3. The van der Waals surface area contributed by atoms with Crippen molar-refractivity contribution in [2.45, 2.75) is 0 Å². The summed E-state index contributed by atoms with van der Waals surface area (Å²) in [6.07, 6.45) is 1.38. The first-order chi connectivity index (χ1) is 15.9. The Morgan fingerprint density at radius 3 is 2.39 bits per heavy atom. The summed E-state index contributed by atoms with van der Waals surface area (Å²) in [7, 11) is 2.44. The lowest BCUT2D eigenvalue weighted by molar-refractivity contribution is -0.384. The van der Waals surface area contributed by atoms with Crippen LogP contribution >= 0.6 is 11.3 Å². The maximum atomic E-state index is 11.9. The van der Waals surface area contributed by atoms with Gasteiger partial charge in [-0.05, 0) is 18.2 Å². The van der Waals surface area contributed by atoms with Gasteiger partial charge in [0.1, 0.15) is 16.6 Å². The zero-order chi connectivity index (χ0) is 24.0. The minimum Gasteiger partial charge on any atom is -0.465 e. The van der Waals surface area contributed by atoms with E-state index < -0.39 is 16.9 Å². The first kappa shape index (κ1) is 23.1. The van der Waals surface area contributed by atoms with Crippen molar-refractivity contribution in [2.75, 3.05) is 19.5 Å². The molecule has 10 nitrogen and oxygen atoms in total. The van der Waals surface area contributed by atoms with Gasteiger partial charge < -0.3 is 14.8 Å². The Morgan fingerprint density at radius 1 is 1.15 bits per heavy atom. The molecule has 0 atom stereocenters. The topological polar surface area (TPSA) is 144 Å². The van der Waals surface area contributed by atoms with E-state index in [1.54, 1.807) is 17.5 Å². The third kappa shape index (κ3) is 5.38. The largest absolute Gasteiger partial charge is 0.465 e. The second-order valence-electron chi connectivity index (χ2n) is 6.44. The normalized spacial score (nSPS) is 10.8. The number of carbonyl (C=O) groups excluding carboxylic acids is 2. The average Bonchev–Trinajstić information content (AvgIpc) is 3.33. The first-order valence-corrected chi connectivity index (χ1v) is 10.1. The Morgan fingerprint density at radius 2 is 1.82 bits per heavy atom. The third-order valence-electron chi connectivity index (χ3n) is 4.37. The number of anilines is 1. The summed E-state index contributed by atoms with van der Waals surface area (Å²) in [4.78, 5) is 38.8. The van der Waals surface area contributed by atoms with Crippen LogP contribution < -0.4 is 5.32 Å². The van der Waals surface area contributed by atoms with Gasteiger partial charge >= 0.3 is 11.9 Å². The van der Waals surface area contributed by atoms with Gasteiger partial charge in [0.05, 0.1) is 36.0 Å². The van der Waals surface area contributed by atoms with Gasteiger partial charge in [0.15, 0.2) is 0 Å². The average molecular weight is 464 g/mol. The highest BCUT2D eigenvalue weighted by Crippen LogP contribution is 2.28. The number of rotatable bonds is 7. The minimum absolute atomic E-state index is 0.0633. The number of benzene rings is 2. The summed E-state index contributed by atoms with van der Waals surface area (Å²) >= 11 is 1.19.